The highest BCUT2D eigenvalue weighted by molar-refractivity contribution is 7.90. The fourth-order valence-electron chi connectivity index (χ4n) is 8.93. The first-order valence-corrected chi connectivity index (χ1v) is 20.9. The van der Waals surface area contributed by atoms with E-state index in [9.17, 15) is 32.4 Å². The van der Waals surface area contributed by atoms with Gasteiger partial charge >= 0.3 is 23.9 Å². The van der Waals surface area contributed by atoms with Crippen LogP contribution < -0.4 is 5.48 Å². The van der Waals surface area contributed by atoms with Crippen LogP contribution in [0.2, 0.25) is 0 Å². The number of halogens is 2. The molecule has 2 bridgehead atoms. The number of hydroxylamine groups is 1. The van der Waals surface area contributed by atoms with Crippen molar-refractivity contribution in [2.75, 3.05) is 17.7 Å². The molecule has 1 spiro atoms. The van der Waals surface area contributed by atoms with Crippen LogP contribution in [0.25, 0.3) is 0 Å². The van der Waals surface area contributed by atoms with E-state index in [1.165, 1.54) is 6.92 Å². The highest BCUT2D eigenvalue weighted by Crippen LogP contribution is 2.70. The quantitative estimate of drug-likeness (QED) is 0.130. The van der Waals surface area contributed by atoms with Gasteiger partial charge in [0.2, 0.25) is 10.0 Å². The Labute approximate surface area is 332 Å². The van der Waals surface area contributed by atoms with Crippen LogP contribution in [0.3, 0.4) is 0 Å². The number of nitrogens with zero attached hydrogens (tertiary/aromatic N) is 1. The Morgan fingerprint density at radius 3 is 2.02 bits per heavy atom. The summed E-state index contributed by atoms with van der Waals surface area (Å²) in [4.78, 5) is 69.3. The number of esters is 4. The minimum atomic E-state index is -4.01. The first kappa shape index (κ1) is 44.7. The van der Waals surface area contributed by atoms with Crippen molar-refractivity contribution < 1.29 is 60.9 Å². The van der Waals surface area contributed by atoms with Gasteiger partial charge in [0, 0.05) is 33.1 Å². The average molecular weight is 836 g/mol. The van der Waals surface area contributed by atoms with Gasteiger partial charge in [0.05, 0.1) is 29.8 Å². The molecule has 2 saturated heterocycles. The number of rotatable bonds is 13. The number of nitrogens with one attached hydrogen (secondary N) is 1. The van der Waals surface area contributed by atoms with E-state index in [2.05, 4.69) is 19.3 Å². The highest BCUT2D eigenvalue weighted by atomic mass is 35.5. The molecule has 18 heteroatoms. The third-order valence-electron chi connectivity index (χ3n) is 11.4. The van der Waals surface area contributed by atoms with Crippen LogP contribution in [-0.4, -0.2) is 103 Å². The lowest BCUT2D eigenvalue weighted by molar-refractivity contribution is -0.255. The third kappa shape index (κ3) is 9.93. The average Bonchev–Trinajstić information content (AvgIpc) is 3.57. The summed E-state index contributed by atoms with van der Waals surface area (Å²) in [5.74, 6) is -4.23. The van der Waals surface area contributed by atoms with Crippen molar-refractivity contribution in [3.05, 3.63) is 35.9 Å². The van der Waals surface area contributed by atoms with E-state index in [1.807, 2.05) is 30.3 Å². The molecular weight excluding hydrogens is 783 g/mol. The van der Waals surface area contributed by atoms with E-state index in [4.69, 9.17) is 51.7 Å². The third-order valence-corrected chi connectivity index (χ3v) is 13.4. The molecule has 55 heavy (non-hydrogen) atoms. The van der Waals surface area contributed by atoms with Gasteiger partial charge in [0.25, 0.3) is 5.91 Å². The van der Waals surface area contributed by atoms with Crippen molar-refractivity contribution in [3.8, 4) is 0 Å². The monoisotopic (exact) mass is 834 g/mol. The van der Waals surface area contributed by atoms with Crippen molar-refractivity contribution in [2.45, 2.75) is 123 Å². The van der Waals surface area contributed by atoms with Crippen molar-refractivity contribution >= 4 is 63.0 Å². The molecule has 1 N–H and O–H groups in total. The minimum absolute atomic E-state index is 0.0611. The van der Waals surface area contributed by atoms with Gasteiger partial charge in [-0.2, -0.15) is 5.48 Å². The zero-order valence-corrected chi connectivity index (χ0v) is 34.5. The topological polar surface area (TPSA) is 190 Å². The maximum absolute atomic E-state index is 14.7. The molecule has 0 aromatic heterocycles. The number of alkyl halides is 2. The van der Waals surface area contributed by atoms with Crippen LogP contribution in [0.15, 0.2) is 30.3 Å². The van der Waals surface area contributed by atoms with E-state index in [-0.39, 0.29) is 35.5 Å². The lowest BCUT2D eigenvalue weighted by atomic mass is 9.69. The normalized spacial score (nSPS) is 30.9. The van der Waals surface area contributed by atoms with Gasteiger partial charge in [-0.1, -0.05) is 51.1 Å². The molecule has 5 rings (SSSR count). The fourth-order valence-corrected chi connectivity index (χ4v) is 11.5. The van der Waals surface area contributed by atoms with Gasteiger partial charge in [0.1, 0.15) is 18.8 Å². The number of benzene rings is 1. The number of carbonyl (C=O) groups is 5. The molecule has 4 aliphatic rings. The lowest BCUT2D eigenvalue weighted by Gasteiger charge is -2.45. The van der Waals surface area contributed by atoms with E-state index >= 15 is 0 Å². The number of amides is 1. The molecule has 10 atom stereocenters. The predicted octanol–water partition coefficient (Wildman–Crippen LogP) is 4.02. The summed E-state index contributed by atoms with van der Waals surface area (Å²) >= 11 is 9.53. The molecule has 1 amide bonds. The second-order valence-corrected chi connectivity index (χ2v) is 17.8. The largest absolute Gasteiger partial charge is 0.463 e. The Morgan fingerprint density at radius 2 is 1.47 bits per heavy atom. The Morgan fingerprint density at radius 1 is 0.909 bits per heavy atom. The summed E-state index contributed by atoms with van der Waals surface area (Å²) in [7, 11) is -4.01. The SMILES string of the molecule is CC(=O)OC[C@H]1O[C@@H](C[C@@H](C)[C@@H](NOCc2ccccc2)C(=O)N2[C@H]3C[C@@H]4CC[C@@]3(CS2(=O)=O)C4(C)C)[C@H](OC(C)=O)[C@@H](OC(C)=O)[C@@H]1OC(C)=O.ClCCl. The number of hydrogen-bond acceptors (Lipinski definition) is 14. The zero-order chi connectivity index (χ0) is 40.9. The fraction of sp³-hybridized carbons (Fsp3) is 0.703. The summed E-state index contributed by atoms with van der Waals surface area (Å²) in [6.45, 7) is 10.1. The summed E-state index contributed by atoms with van der Waals surface area (Å²) in [5.41, 5.74) is 2.82. The standard InChI is InChI=1S/C36H50N2O13S.CH2Cl2/c1-20(15-27-31(48-22(3)40)33(50-24(5)42)32(49-23(4)41)28(51-27)18-46-21(2)39)30(37-47-17-25-11-9-8-10-12-25)34(43)38-29-16-26-13-14-36(29,35(26,6)7)19-52(38,44)45;2-1-3/h8-12,20,26-33,37H,13-19H2,1-7H3;1H2/t20-,26+,27+,28-,29+,30-,31+,32-,33-,36+;/m1./s1. The maximum Gasteiger partial charge on any atom is 0.303 e. The molecule has 1 aromatic carbocycles. The first-order chi connectivity index (χ1) is 25.8. The van der Waals surface area contributed by atoms with Crippen LogP contribution in [0.1, 0.15) is 79.7 Å². The molecule has 308 valence electrons. The van der Waals surface area contributed by atoms with Crippen molar-refractivity contribution in [3.63, 3.8) is 0 Å². The predicted molar refractivity (Wildman–Crippen MR) is 198 cm³/mol. The highest BCUT2D eigenvalue weighted by Gasteiger charge is 2.72. The van der Waals surface area contributed by atoms with Gasteiger partial charge < -0.3 is 23.7 Å². The summed E-state index contributed by atoms with van der Waals surface area (Å²) in [5, 5.41) is 0.194. The summed E-state index contributed by atoms with van der Waals surface area (Å²) in [6.07, 6.45) is -4.25. The Kier molecular flexibility index (Phi) is 15.0. The second kappa shape index (κ2) is 18.5. The van der Waals surface area contributed by atoms with Crippen LogP contribution in [0.5, 0.6) is 0 Å². The smallest absolute Gasteiger partial charge is 0.303 e. The van der Waals surface area contributed by atoms with Gasteiger partial charge in [-0.15, -0.1) is 23.2 Å². The van der Waals surface area contributed by atoms with Crippen LogP contribution >= 0.6 is 23.2 Å². The molecule has 15 nitrogen and oxygen atoms in total. The van der Waals surface area contributed by atoms with Crippen molar-refractivity contribution in [1.82, 2.24) is 9.79 Å². The summed E-state index contributed by atoms with van der Waals surface area (Å²) in [6, 6.07) is 7.46. The van der Waals surface area contributed by atoms with E-state index < -0.39 is 100 Å². The second-order valence-electron chi connectivity index (χ2n) is 15.2. The number of carbonyl (C=O) groups excluding carboxylic acids is 5. The van der Waals surface area contributed by atoms with Crippen LogP contribution in [0, 0.1) is 22.7 Å². The van der Waals surface area contributed by atoms with Gasteiger partial charge in [-0.05, 0) is 48.5 Å². The zero-order valence-electron chi connectivity index (χ0n) is 32.2. The molecule has 2 aliphatic carbocycles. The molecule has 0 unspecified atom stereocenters. The van der Waals surface area contributed by atoms with Gasteiger partial charge in [0.15, 0.2) is 18.3 Å². The number of hydrogen-bond donors (Lipinski definition) is 1. The number of fused-ring (bicyclic) bond motifs is 1. The van der Waals surface area contributed by atoms with Crippen LogP contribution in [0.4, 0.5) is 0 Å². The van der Waals surface area contributed by atoms with Gasteiger partial charge in [-0.3, -0.25) is 28.8 Å². The number of ether oxygens (including phenoxy) is 5. The Hall–Kier alpha value is -3.02. The molecule has 1 aromatic rings. The molecule has 4 fully saturated rings. The molecular formula is C37H52Cl2N2O13S. The van der Waals surface area contributed by atoms with Crippen molar-refractivity contribution in [2.24, 2.45) is 22.7 Å². The first-order valence-electron chi connectivity index (χ1n) is 18.2. The molecule has 2 heterocycles. The lowest BCUT2D eigenvalue weighted by Crippen LogP contribution is -2.63. The molecule has 2 aliphatic heterocycles. The Bertz CT molecular complexity index is 1660. The minimum Gasteiger partial charge on any atom is -0.463 e. The van der Waals surface area contributed by atoms with E-state index in [0.29, 0.717) is 12.8 Å². The number of sulfonamides is 1. The van der Waals surface area contributed by atoms with Crippen LogP contribution in [-0.2, 0) is 69.1 Å². The maximum atomic E-state index is 14.7. The van der Waals surface area contributed by atoms with Crippen molar-refractivity contribution in [1.29, 1.82) is 0 Å². The molecule has 0 radical (unpaired) electrons. The van der Waals surface area contributed by atoms with E-state index in [1.54, 1.807) is 6.92 Å². The van der Waals surface area contributed by atoms with E-state index in [0.717, 1.165) is 37.1 Å². The Balaban J connectivity index is 0.00000217. The molecule has 2 saturated carbocycles. The summed E-state index contributed by atoms with van der Waals surface area (Å²) < 4.78 is 57.2. The van der Waals surface area contributed by atoms with Gasteiger partial charge in [-0.25, -0.2) is 12.7 Å².